The van der Waals surface area contributed by atoms with Crippen molar-refractivity contribution in [2.75, 3.05) is 18.4 Å². The number of nitriles is 1. The summed E-state index contributed by atoms with van der Waals surface area (Å²) in [5.74, 6) is -0.924. The van der Waals surface area contributed by atoms with Gasteiger partial charge in [-0.05, 0) is 25.1 Å². The summed E-state index contributed by atoms with van der Waals surface area (Å²) in [6, 6.07) is 5.86. The van der Waals surface area contributed by atoms with Gasteiger partial charge in [-0.3, -0.25) is 4.79 Å². The maximum absolute atomic E-state index is 13.2. The number of carbonyl (C=O) groups is 1. The fourth-order valence-corrected chi connectivity index (χ4v) is 1.32. The van der Waals surface area contributed by atoms with Gasteiger partial charge in [0.15, 0.2) is 0 Å². The second-order valence-corrected chi connectivity index (χ2v) is 3.50. The molecule has 5 heteroatoms. The van der Waals surface area contributed by atoms with Gasteiger partial charge in [0.2, 0.25) is 5.91 Å². The first-order valence-corrected chi connectivity index (χ1v) is 5.38. The van der Waals surface area contributed by atoms with Gasteiger partial charge in [-0.2, -0.15) is 5.26 Å². The zero-order valence-corrected chi connectivity index (χ0v) is 9.59. The molecule has 0 saturated carbocycles. The van der Waals surface area contributed by atoms with Crippen LogP contribution in [0.1, 0.15) is 18.9 Å². The number of hydrogen-bond donors (Lipinski definition) is 2. The molecule has 1 aromatic rings. The molecule has 0 saturated heterocycles. The van der Waals surface area contributed by atoms with E-state index in [1.54, 1.807) is 6.07 Å². The highest BCUT2D eigenvalue weighted by Crippen LogP contribution is 2.17. The Kier molecular flexibility index (Phi) is 5.11. The monoisotopic (exact) mass is 235 g/mol. The number of carbonyl (C=O) groups excluding carboxylic acids is 1. The third-order valence-corrected chi connectivity index (χ3v) is 2.11. The van der Waals surface area contributed by atoms with E-state index < -0.39 is 5.82 Å². The highest BCUT2D eigenvalue weighted by molar-refractivity contribution is 5.93. The first-order valence-electron chi connectivity index (χ1n) is 5.38. The van der Waals surface area contributed by atoms with E-state index in [2.05, 4.69) is 10.6 Å². The molecule has 2 N–H and O–H groups in total. The molecule has 0 aliphatic rings. The average Bonchev–Trinajstić information content (AvgIpc) is 2.29. The molecule has 90 valence electrons. The molecule has 0 spiro atoms. The van der Waals surface area contributed by atoms with Gasteiger partial charge in [0, 0.05) is 0 Å². The highest BCUT2D eigenvalue weighted by Gasteiger charge is 2.09. The minimum atomic E-state index is -0.633. The molecule has 0 bridgehead atoms. The Balaban J connectivity index is 2.66. The number of anilines is 1. The zero-order valence-electron chi connectivity index (χ0n) is 9.59. The summed E-state index contributed by atoms with van der Waals surface area (Å²) in [7, 11) is 0. The van der Waals surface area contributed by atoms with Gasteiger partial charge in [0.25, 0.3) is 0 Å². The van der Waals surface area contributed by atoms with E-state index >= 15 is 0 Å². The molecule has 0 aromatic heterocycles. The van der Waals surface area contributed by atoms with E-state index in [4.69, 9.17) is 5.26 Å². The van der Waals surface area contributed by atoms with Gasteiger partial charge in [-0.15, -0.1) is 0 Å². The molecule has 0 aliphatic heterocycles. The minimum Gasteiger partial charge on any atom is -0.324 e. The molecule has 0 aliphatic carbocycles. The van der Waals surface area contributed by atoms with E-state index in [1.165, 1.54) is 18.2 Å². The van der Waals surface area contributed by atoms with Gasteiger partial charge in [-0.25, -0.2) is 4.39 Å². The lowest BCUT2D eigenvalue weighted by atomic mass is 10.2. The topological polar surface area (TPSA) is 64.9 Å². The molecule has 4 nitrogen and oxygen atoms in total. The lowest BCUT2D eigenvalue weighted by Gasteiger charge is -2.07. The Morgan fingerprint density at radius 2 is 2.29 bits per heavy atom. The smallest absolute Gasteiger partial charge is 0.238 e. The number of amides is 1. The van der Waals surface area contributed by atoms with Crippen LogP contribution in [-0.2, 0) is 4.79 Å². The number of nitrogens with one attached hydrogen (secondary N) is 2. The average molecular weight is 235 g/mol. The molecule has 1 aromatic carbocycles. The summed E-state index contributed by atoms with van der Waals surface area (Å²) >= 11 is 0. The van der Waals surface area contributed by atoms with Crippen LogP contribution in [-0.4, -0.2) is 19.0 Å². The van der Waals surface area contributed by atoms with Crippen LogP contribution < -0.4 is 10.6 Å². The van der Waals surface area contributed by atoms with Gasteiger partial charge in [-0.1, -0.05) is 13.0 Å². The predicted octanol–water partition coefficient (Wildman–Crippen LogP) is 1.64. The molecule has 0 unspecified atom stereocenters. The first kappa shape index (κ1) is 13.1. The zero-order chi connectivity index (χ0) is 12.7. The third kappa shape index (κ3) is 3.85. The van der Waals surface area contributed by atoms with Crippen LogP contribution in [0.3, 0.4) is 0 Å². The van der Waals surface area contributed by atoms with Gasteiger partial charge in [0.05, 0.1) is 12.2 Å². The largest absolute Gasteiger partial charge is 0.324 e. The van der Waals surface area contributed by atoms with Gasteiger partial charge in [0.1, 0.15) is 17.4 Å². The van der Waals surface area contributed by atoms with Crippen LogP contribution in [0.2, 0.25) is 0 Å². The summed E-state index contributed by atoms with van der Waals surface area (Å²) < 4.78 is 13.2. The molecule has 0 fully saturated rings. The Bertz CT molecular complexity index is 440. The minimum absolute atomic E-state index is 0.142. The van der Waals surface area contributed by atoms with Crippen LogP contribution in [0.5, 0.6) is 0 Å². The van der Waals surface area contributed by atoms with Crippen molar-refractivity contribution in [3.05, 3.63) is 29.6 Å². The SMILES string of the molecule is CCCNCC(=O)Nc1cccc(F)c1C#N. The fraction of sp³-hybridized carbons (Fsp3) is 0.333. The lowest BCUT2D eigenvalue weighted by Crippen LogP contribution is -2.28. The van der Waals surface area contributed by atoms with Crippen molar-refractivity contribution in [1.29, 1.82) is 5.26 Å². The van der Waals surface area contributed by atoms with Crippen LogP contribution in [0.25, 0.3) is 0 Å². The Labute approximate surface area is 99.4 Å². The number of hydrogen-bond acceptors (Lipinski definition) is 3. The maximum Gasteiger partial charge on any atom is 0.238 e. The summed E-state index contributed by atoms with van der Waals surface area (Å²) in [6.07, 6.45) is 0.927. The molecule has 1 amide bonds. The van der Waals surface area contributed by atoms with E-state index in [0.29, 0.717) is 0 Å². The van der Waals surface area contributed by atoms with Crippen LogP contribution >= 0.6 is 0 Å². The normalized spacial score (nSPS) is 9.71. The molecule has 0 radical (unpaired) electrons. The summed E-state index contributed by atoms with van der Waals surface area (Å²) in [6.45, 7) is 2.88. The second kappa shape index (κ2) is 6.61. The Morgan fingerprint density at radius 1 is 1.53 bits per heavy atom. The summed E-state index contributed by atoms with van der Waals surface area (Å²) in [5.41, 5.74) is 0.0622. The maximum atomic E-state index is 13.2. The molecule has 0 atom stereocenters. The van der Waals surface area contributed by atoms with Crippen molar-refractivity contribution in [3.8, 4) is 6.07 Å². The molecular weight excluding hydrogens is 221 g/mol. The van der Waals surface area contributed by atoms with E-state index in [0.717, 1.165) is 13.0 Å². The summed E-state index contributed by atoms with van der Waals surface area (Å²) in [4.78, 5) is 11.5. The summed E-state index contributed by atoms with van der Waals surface area (Å²) in [5, 5.41) is 14.2. The van der Waals surface area contributed by atoms with E-state index in [9.17, 15) is 9.18 Å². The van der Waals surface area contributed by atoms with Crippen LogP contribution in [0.4, 0.5) is 10.1 Å². The Hall–Kier alpha value is -1.93. The molecular formula is C12H14FN3O. The third-order valence-electron chi connectivity index (χ3n) is 2.11. The van der Waals surface area contributed by atoms with Crippen LogP contribution in [0, 0.1) is 17.1 Å². The number of rotatable bonds is 5. The highest BCUT2D eigenvalue weighted by atomic mass is 19.1. The lowest BCUT2D eigenvalue weighted by molar-refractivity contribution is -0.115. The van der Waals surface area contributed by atoms with Crippen molar-refractivity contribution < 1.29 is 9.18 Å². The fourth-order valence-electron chi connectivity index (χ4n) is 1.32. The second-order valence-electron chi connectivity index (χ2n) is 3.50. The molecule has 0 heterocycles. The predicted molar refractivity (Wildman–Crippen MR) is 62.9 cm³/mol. The Morgan fingerprint density at radius 3 is 2.94 bits per heavy atom. The standard InChI is InChI=1S/C12H14FN3O/c1-2-6-15-8-12(17)16-11-5-3-4-10(13)9(11)7-14/h3-5,15H,2,6,8H2,1H3,(H,16,17). The van der Waals surface area contributed by atoms with Gasteiger partial charge < -0.3 is 10.6 Å². The first-order chi connectivity index (χ1) is 8.19. The van der Waals surface area contributed by atoms with Crippen molar-refractivity contribution in [1.82, 2.24) is 5.32 Å². The number of benzene rings is 1. The van der Waals surface area contributed by atoms with Crippen molar-refractivity contribution in [3.63, 3.8) is 0 Å². The van der Waals surface area contributed by atoms with Crippen molar-refractivity contribution >= 4 is 11.6 Å². The van der Waals surface area contributed by atoms with Gasteiger partial charge >= 0.3 is 0 Å². The molecule has 1 rings (SSSR count). The number of halogens is 1. The van der Waals surface area contributed by atoms with Crippen molar-refractivity contribution in [2.24, 2.45) is 0 Å². The van der Waals surface area contributed by atoms with E-state index in [1.807, 2.05) is 6.92 Å². The quantitative estimate of drug-likeness (QED) is 0.762. The van der Waals surface area contributed by atoms with Crippen molar-refractivity contribution in [2.45, 2.75) is 13.3 Å². The van der Waals surface area contributed by atoms with Crippen LogP contribution in [0.15, 0.2) is 18.2 Å². The number of nitrogens with zero attached hydrogens (tertiary/aromatic N) is 1. The van der Waals surface area contributed by atoms with E-state index in [-0.39, 0.29) is 23.7 Å². The molecule has 17 heavy (non-hydrogen) atoms.